The molecule has 17 heavy (non-hydrogen) atoms. The fourth-order valence-electron chi connectivity index (χ4n) is 2.72. The van der Waals surface area contributed by atoms with E-state index in [4.69, 9.17) is 11.6 Å². The number of carbonyl (C=O) groups is 1. The second-order valence-corrected chi connectivity index (χ2v) is 7.16. The average Bonchev–Trinajstić information content (AvgIpc) is 2.37. The Balaban J connectivity index is 1.68. The molecule has 0 spiro atoms. The van der Waals surface area contributed by atoms with Gasteiger partial charge in [-0.1, -0.05) is 12.8 Å². The predicted molar refractivity (Wildman–Crippen MR) is 74.7 cm³/mol. The Bertz CT molecular complexity index is 256. The molecule has 3 atom stereocenters. The Kier molecular flexibility index (Phi) is 5.49. The van der Waals surface area contributed by atoms with Gasteiger partial charge < -0.3 is 5.32 Å². The molecule has 0 aromatic rings. The lowest BCUT2D eigenvalue weighted by Gasteiger charge is -2.27. The SMILES string of the molecule is O=C(NCC1CCCC(Cl)C1)C1CCCCS1. The van der Waals surface area contributed by atoms with Crippen LogP contribution in [0.1, 0.15) is 44.9 Å². The topological polar surface area (TPSA) is 29.1 Å². The van der Waals surface area contributed by atoms with Crippen molar-refractivity contribution in [3.8, 4) is 0 Å². The van der Waals surface area contributed by atoms with Gasteiger partial charge in [0.2, 0.25) is 5.91 Å². The zero-order valence-electron chi connectivity index (χ0n) is 10.3. The van der Waals surface area contributed by atoms with Crippen LogP contribution in [0.4, 0.5) is 0 Å². The summed E-state index contributed by atoms with van der Waals surface area (Å²) < 4.78 is 0. The van der Waals surface area contributed by atoms with Gasteiger partial charge in [0.05, 0.1) is 5.25 Å². The van der Waals surface area contributed by atoms with Crippen LogP contribution in [0.5, 0.6) is 0 Å². The molecule has 1 N–H and O–H groups in total. The maximum absolute atomic E-state index is 12.0. The van der Waals surface area contributed by atoms with Crippen LogP contribution >= 0.6 is 23.4 Å². The van der Waals surface area contributed by atoms with Crippen molar-refractivity contribution in [1.29, 1.82) is 0 Å². The van der Waals surface area contributed by atoms with Crippen molar-refractivity contribution in [2.75, 3.05) is 12.3 Å². The molecular formula is C13H22ClNOS. The zero-order valence-corrected chi connectivity index (χ0v) is 11.9. The summed E-state index contributed by atoms with van der Waals surface area (Å²) in [6, 6.07) is 0. The highest BCUT2D eigenvalue weighted by Gasteiger charge is 2.24. The molecule has 4 heteroatoms. The summed E-state index contributed by atoms with van der Waals surface area (Å²) in [5.74, 6) is 2.00. The van der Waals surface area contributed by atoms with Gasteiger partial charge in [0.1, 0.15) is 0 Å². The Morgan fingerprint density at radius 1 is 1.24 bits per heavy atom. The largest absolute Gasteiger partial charge is 0.355 e. The molecule has 1 amide bonds. The highest BCUT2D eigenvalue weighted by Crippen LogP contribution is 2.28. The van der Waals surface area contributed by atoms with Crippen LogP contribution in [0.15, 0.2) is 0 Å². The van der Waals surface area contributed by atoms with E-state index in [-0.39, 0.29) is 11.2 Å². The first-order chi connectivity index (χ1) is 8.25. The predicted octanol–water partition coefficient (Wildman–Crippen LogP) is 3.19. The number of nitrogens with one attached hydrogen (secondary N) is 1. The van der Waals surface area contributed by atoms with E-state index in [0.717, 1.165) is 31.6 Å². The molecular weight excluding hydrogens is 254 g/mol. The van der Waals surface area contributed by atoms with E-state index in [1.165, 1.54) is 25.7 Å². The van der Waals surface area contributed by atoms with Gasteiger partial charge in [0.25, 0.3) is 0 Å². The minimum Gasteiger partial charge on any atom is -0.355 e. The average molecular weight is 276 g/mol. The van der Waals surface area contributed by atoms with Crippen molar-refractivity contribution in [2.24, 2.45) is 5.92 Å². The van der Waals surface area contributed by atoms with Crippen LogP contribution in [0, 0.1) is 5.92 Å². The van der Waals surface area contributed by atoms with Crippen molar-refractivity contribution in [3.05, 3.63) is 0 Å². The third kappa shape index (κ3) is 4.36. The van der Waals surface area contributed by atoms with Gasteiger partial charge in [-0.25, -0.2) is 0 Å². The molecule has 2 rings (SSSR count). The minimum absolute atomic E-state index is 0.208. The maximum atomic E-state index is 12.0. The van der Waals surface area contributed by atoms with Crippen LogP contribution in [-0.2, 0) is 4.79 Å². The van der Waals surface area contributed by atoms with Crippen LogP contribution in [0.3, 0.4) is 0 Å². The Morgan fingerprint density at radius 2 is 2.12 bits per heavy atom. The third-order valence-corrected chi connectivity index (χ3v) is 5.53. The second kappa shape index (κ2) is 6.89. The number of alkyl halides is 1. The fraction of sp³-hybridized carbons (Fsp3) is 0.923. The molecule has 2 aliphatic rings. The molecule has 0 aromatic carbocycles. The van der Waals surface area contributed by atoms with Crippen molar-refractivity contribution in [1.82, 2.24) is 5.32 Å². The molecule has 1 saturated heterocycles. The van der Waals surface area contributed by atoms with Crippen molar-refractivity contribution in [3.63, 3.8) is 0 Å². The standard InChI is InChI=1S/C13H22ClNOS/c14-11-5-3-4-10(8-11)9-15-13(16)12-6-1-2-7-17-12/h10-12H,1-9H2,(H,15,16). The van der Waals surface area contributed by atoms with Gasteiger partial charge >= 0.3 is 0 Å². The Hall–Kier alpha value is 0.110. The van der Waals surface area contributed by atoms with Crippen LogP contribution in [-0.4, -0.2) is 28.8 Å². The number of carbonyl (C=O) groups excluding carboxylic acids is 1. The number of amides is 1. The normalized spacial score (nSPS) is 34.3. The number of hydrogen-bond acceptors (Lipinski definition) is 2. The van der Waals surface area contributed by atoms with Gasteiger partial charge in [0, 0.05) is 11.9 Å². The molecule has 0 bridgehead atoms. The van der Waals surface area contributed by atoms with Crippen molar-refractivity contribution in [2.45, 2.75) is 55.6 Å². The van der Waals surface area contributed by atoms with E-state index in [1.807, 2.05) is 11.8 Å². The van der Waals surface area contributed by atoms with E-state index in [0.29, 0.717) is 11.3 Å². The maximum Gasteiger partial charge on any atom is 0.233 e. The first kappa shape index (κ1) is 13.5. The summed E-state index contributed by atoms with van der Waals surface area (Å²) in [7, 11) is 0. The lowest BCUT2D eigenvalue weighted by Crippen LogP contribution is -2.38. The molecule has 2 nitrogen and oxygen atoms in total. The monoisotopic (exact) mass is 275 g/mol. The summed E-state index contributed by atoms with van der Waals surface area (Å²) in [5.41, 5.74) is 0. The molecule has 0 radical (unpaired) electrons. The smallest absolute Gasteiger partial charge is 0.233 e. The highest BCUT2D eigenvalue weighted by atomic mass is 35.5. The molecule has 2 fully saturated rings. The first-order valence-electron chi connectivity index (χ1n) is 6.79. The summed E-state index contributed by atoms with van der Waals surface area (Å²) in [6.45, 7) is 0.832. The fourth-order valence-corrected chi connectivity index (χ4v) is 4.35. The molecule has 98 valence electrons. The quantitative estimate of drug-likeness (QED) is 0.802. The van der Waals surface area contributed by atoms with Gasteiger partial charge in [0.15, 0.2) is 0 Å². The zero-order chi connectivity index (χ0) is 12.1. The highest BCUT2D eigenvalue weighted by molar-refractivity contribution is 8.00. The van der Waals surface area contributed by atoms with Gasteiger partial charge in [-0.2, -0.15) is 0 Å². The molecule has 1 aliphatic carbocycles. The minimum atomic E-state index is 0.208. The van der Waals surface area contributed by atoms with E-state index in [2.05, 4.69) is 5.32 Å². The molecule has 3 unspecified atom stereocenters. The molecule has 1 aliphatic heterocycles. The van der Waals surface area contributed by atoms with E-state index in [1.54, 1.807) is 0 Å². The summed E-state index contributed by atoms with van der Waals surface area (Å²) in [5, 5.41) is 3.66. The van der Waals surface area contributed by atoms with Gasteiger partial charge in [-0.15, -0.1) is 23.4 Å². The van der Waals surface area contributed by atoms with E-state index >= 15 is 0 Å². The van der Waals surface area contributed by atoms with Crippen molar-refractivity contribution >= 4 is 29.3 Å². The number of rotatable bonds is 3. The summed E-state index contributed by atoms with van der Waals surface area (Å²) >= 11 is 7.98. The molecule has 1 heterocycles. The first-order valence-corrected chi connectivity index (χ1v) is 8.27. The molecule has 1 saturated carbocycles. The summed E-state index contributed by atoms with van der Waals surface area (Å²) in [6.07, 6.45) is 8.18. The number of thioether (sulfide) groups is 1. The lowest BCUT2D eigenvalue weighted by atomic mass is 9.89. The van der Waals surface area contributed by atoms with Gasteiger partial charge in [-0.05, 0) is 43.8 Å². The third-order valence-electron chi connectivity index (χ3n) is 3.76. The number of halogens is 1. The van der Waals surface area contributed by atoms with Crippen molar-refractivity contribution < 1.29 is 4.79 Å². The van der Waals surface area contributed by atoms with Gasteiger partial charge in [-0.3, -0.25) is 4.79 Å². The number of hydrogen-bond donors (Lipinski definition) is 1. The van der Waals surface area contributed by atoms with Crippen LogP contribution in [0.25, 0.3) is 0 Å². The summed E-state index contributed by atoms with van der Waals surface area (Å²) in [4.78, 5) is 12.0. The molecule has 0 aromatic heterocycles. The second-order valence-electron chi connectivity index (χ2n) is 5.23. The Morgan fingerprint density at radius 3 is 2.82 bits per heavy atom. The van der Waals surface area contributed by atoms with E-state index < -0.39 is 0 Å². The van der Waals surface area contributed by atoms with E-state index in [9.17, 15) is 4.79 Å². The van der Waals surface area contributed by atoms with Crippen LogP contribution in [0.2, 0.25) is 0 Å². The Labute approximate surface area is 113 Å². The lowest BCUT2D eigenvalue weighted by molar-refractivity contribution is -0.121. The van der Waals surface area contributed by atoms with Crippen LogP contribution < -0.4 is 5.32 Å².